The Morgan fingerprint density at radius 1 is 1.79 bits per heavy atom. The molecule has 72 valence electrons. The van der Waals surface area contributed by atoms with Crippen LogP contribution in [0.1, 0.15) is 6.42 Å². The van der Waals surface area contributed by atoms with E-state index >= 15 is 0 Å². The third-order valence-electron chi connectivity index (χ3n) is 2.23. The summed E-state index contributed by atoms with van der Waals surface area (Å²) >= 11 is 5.81. The van der Waals surface area contributed by atoms with Crippen LogP contribution in [0.15, 0.2) is 6.20 Å². The summed E-state index contributed by atoms with van der Waals surface area (Å²) in [5.41, 5.74) is 0.606. The second kappa shape index (κ2) is 3.35. The molecule has 0 aromatic carbocycles. The summed E-state index contributed by atoms with van der Waals surface area (Å²) in [6.07, 6.45) is 7.18. The molecule has 1 fully saturated rings. The number of terminal acetylenes is 1. The zero-order chi connectivity index (χ0) is 10.1. The summed E-state index contributed by atoms with van der Waals surface area (Å²) < 4.78 is 0. The molecule has 1 atom stereocenters. The number of aromatic amines is 1. The molecule has 2 rings (SSSR count). The Balaban J connectivity index is 2.26. The average molecular weight is 210 g/mol. The number of hydrogen-bond acceptors (Lipinski definition) is 2. The van der Waals surface area contributed by atoms with E-state index in [4.69, 9.17) is 18.0 Å². The first kappa shape index (κ1) is 9.10. The van der Waals surface area contributed by atoms with Crippen molar-refractivity contribution in [2.75, 3.05) is 11.4 Å². The van der Waals surface area contributed by atoms with Crippen LogP contribution in [0.4, 0.5) is 5.69 Å². The standard InChI is InChI=1S/C9H8ClN3O/c1-2-6-3-8(14)13(5-6)7-4-11-12-9(7)10/h1,4,6H,3,5H2,(H,11,12). The maximum atomic E-state index is 11.5. The monoisotopic (exact) mass is 209 g/mol. The molecule has 2 heterocycles. The highest BCUT2D eigenvalue weighted by Crippen LogP contribution is 2.28. The van der Waals surface area contributed by atoms with Gasteiger partial charge in [0.15, 0.2) is 0 Å². The SMILES string of the molecule is C#CC1CC(=O)N(c2cn[nH]c2Cl)C1. The summed E-state index contributed by atoms with van der Waals surface area (Å²) in [7, 11) is 0. The highest BCUT2D eigenvalue weighted by atomic mass is 35.5. The third-order valence-corrected chi connectivity index (χ3v) is 2.50. The molecule has 1 N–H and O–H groups in total. The van der Waals surface area contributed by atoms with E-state index in [1.165, 1.54) is 6.20 Å². The fourth-order valence-electron chi connectivity index (χ4n) is 1.50. The zero-order valence-electron chi connectivity index (χ0n) is 7.33. The predicted octanol–water partition coefficient (Wildman–Crippen LogP) is 1.05. The minimum absolute atomic E-state index is 0.00347. The van der Waals surface area contributed by atoms with Gasteiger partial charge in [-0.25, -0.2) is 0 Å². The molecule has 1 saturated heterocycles. The minimum atomic E-state index is -0.0199. The van der Waals surface area contributed by atoms with Gasteiger partial charge >= 0.3 is 0 Å². The van der Waals surface area contributed by atoms with Crippen LogP contribution in [-0.4, -0.2) is 22.6 Å². The summed E-state index contributed by atoms with van der Waals surface area (Å²) in [5.74, 6) is 2.55. The van der Waals surface area contributed by atoms with Gasteiger partial charge in [-0.3, -0.25) is 9.89 Å². The Kier molecular flexibility index (Phi) is 2.18. The number of nitrogens with one attached hydrogen (secondary N) is 1. The number of anilines is 1. The van der Waals surface area contributed by atoms with Gasteiger partial charge in [0.25, 0.3) is 0 Å². The van der Waals surface area contributed by atoms with Crippen molar-refractivity contribution in [3.8, 4) is 12.3 Å². The summed E-state index contributed by atoms with van der Waals surface area (Å²) in [4.78, 5) is 13.1. The van der Waals surface area contributed by atoms with Crippen molar-refractivity contribution in [3.05, 3.63) is 11.3 Å². The van der Waals surface area contributed by atoms with E-state index in [2.05, 4.69) is 16.1 Å². The fraction of sp³-hybridized carbons (Fsp3) is 0.333. The highest BCUT2D eigenvalue weighted by molar-refractivity contribution is 6.32. The van der Waals surface area contributed by atoms with Crippen molar-refractivity contribution in [2.24, 2.45) is 5.92 Å². The van der Waals surface area contributed by atoms with Gasteiger partial charge in [0.2, 0.25) is 5.91 Å². The van der Waals surface area contributed by atoms with E-state index in [-0.39, 0.29) is 11.8 Å². The van der Waals surface area contributed by atoms with Crippen LogP contribution < -0.4 is 4.90 Å². The first-order chi connectivity index (χ1) is 6.72. The number of halogens is 1. The molecular formula is C9H8ClN3O. The van der Waals surface area contributed by atoms with E-state index in [9.17, 15) is 4.79 Å². The summed E-state index contributed by atoms with van der Waals surface area (Å²) in [6.45, 7) is 0.522. The van der Waals surface area contributed by atoms with Crippen LogP contribution in [0.3, 0.4) is 0 Å². The molecule has 0 radical (unpaired) electrons. The zero-order valence-corrected chi connectivity index (χ0v) is 8.08. The van der Waals surface area contributed by atoms with E-state index < -0.39 is 0 Å². The van der Waals surface area contributed by atoms with Gasteiger partial charge in [0.05, 0.1) is 6.20 Å². The first-order valence-electron chi connectivity index (χ1n) is 4.17. The third kappa shape index (κ3) is 1.36. The fourth-order valence-corrected chi connectivity index (χ4v) is 1.70. The molecule has 1 unspecified atom stereocenters. The second-order valence-electron chi connectivity index (χ2n) is 3.14. The number of amides is 1. The highest BCUT2D eigenvalue weighted by Gasteiger charge is 2.31. The smallest absolute Gasteiger partial charge is 0.228 e. The lowest BCUT2D eigenvalue weighted by Gasteiger charge is -2.13. The van der Waals surface area contributed by atoms with Crippen molar-refractivity contribution in [2.45, 2.75) is 6.42 Å². The number of rotatable bonds is 1. The Bertz CT molecular complexity index is 406. The van der Waals surface area contributed by atoms with Crippen LogP contribution in [-0.2, 0) is 4.79 Å². The molecule has 0 saturated carbocycles. The molecule has 4 nitrogen and oxygen atoms in total. The number of hydrogen-bond donors (Lipinski definition) is 1. The van der Waals surface area contributed by atoms with Gasteiger partial charge in [-0.2, -0.15) is 5.10 Å². The summed E-state index contributed by atoms with van der Waals surface area (Å²) in [6, 6.07) is 0. The normalized spacial score (nSPS) is 21.3. The Hall–Kier alpha value is -1.47. The van der Waals surface area contributed by atoms with Crippen LogP contribution in [0.5, 0.6) is 0 Å². The average Bonchev–Trinajstić information content (AvgIpc) is 2.72. The Morgan fingerprint density at radius 2 is 2.57 bits per heavy atom. The van der Waals surface area contributed by atoms with Crippen molar-refractivity contribution in [1.29, 1.82) is 0 Å². The van der Waals surface area contributed by atoms with Crippen LogP contribution >= 0.6 is 11.6 Å². The lowest BCUT2D eigenvalue weighted by molar-refractivity contribution is -0.117. The van der Waals surface area contributed by atoms with Gasteiger partial charge in [-0.15, -0.1) is 12.3 Å². The first-order valence-corrected chi connectivity index (χ1v) is 4.55. The molecule has 5 heteroatoms. The van der Waals surface area contributed by atoms with E-state index in [1.807, 2.05) is 0 Å². The van der Waals surface area contributed by atoms with Crippen molar-refractivity contribution < 1.29 is 4.79 Å². The predicted molar refractivity (Wildman–Crippen MR) is 52.9 cm³/mol. The molecular weight excluding hydrogens is 202 g/mol. The minimum Gasteiger partial charge on any atom is -0.307 e. The maximum Gasteiger partial charge on any atom is 0.228 e. The maximum absolute atomic E-state index is 11.5. The Morgan fingerprint density at radius 3 is 3.07 bits per heavy atom. The summed E-state index contributed by atoms with van der Waals surface area (Å²) in [5, 5.41) is 6.69. The van der Waals surface area contributed by atoms with Gasteiger partial charge < -0.3 is 4.90 Å². The second-order valence-corrected chi connectivity index (χ2v) is 3.52. The number of carbonyl (C=O) groups excluding carboxylic acids is 1. The molecule has 0 bridgehead atoms. The van der Waals surface area contributed by atoms with Crippen LogP contribution in [0.25, 0.3) is 0 Å². The van der Waals surface area contributed by atoms with E-state index in [0.717, 1.165) is 0 Å². The molecule has 14 heavy (non-hydrogen) atoms. The molecule has 1 aromatic heterocycles. The van der Waals surface area contributed by atoms with Crippen LogP contribution in [0.2, 0.25) is 5.15 Å². The number of aromatic nitrogens is 2. The van der Waals surface area contributed by atoms with E-state index in [0.29, 0.717) is 23.8 Å². The lowest BCUT2D eigenvalue weighted by atomic mass is 10.1. The van der Waals surface area contributed by atoms with Gasteiger partial charge in [0, 0.05) is 18.9 Å². The molecule has 0 spiro atoms. The Labute approximate surface area is 86.2 Å². The van der Waals surface area contributed by atoms with Gasteiger partial charge in [0.1, 0.15) is 10.8 Å². The molecule has 1 aromatic rings. The largest absolute Gasteiger partial charge is 0.307 e. The number of H-pyrrole nitrogens is 1. The number of carbonyl (C=O) groups is 1. The van der Waals surface area contributed by atoms with Gasteiger partial charge in [-0.05, 0) is 0 Å². The topological polar surface area (TPSA) is 49.0 Å². The molecule has 1 amide bonds. The van der Waals surface area contributed by atoms with Crippen molar-refractivity contribution >= 4 is 23.2 Å². The van der Waals surface area contributed by atoms with Crippen molar-refractivity contribution in [1.82, 2.24) is 10.2 Å². The molecule has 0 aliphatic carbocycles. The van der Waals surface area contributed by atoms with Crippen LogP contribution in [0, 0.1) is 18.3 Å². The number of nitrogens with zero attached hydrogens (tertiary/aromatic N) is 2. The molecule has 1 aliphatic rings. The van der Waals surface area contributed by atoms with E-state index in [1.54, 1.807) is 4.90 Å². The molecule has 1 aliphatic heterocycles. The van der Waals surface area contributed by atoms with Gasteiger partial charge in [-0.1, -0.05) is 11.6 Å². The van der Waals surface area contributed by atoms with Crippen molar-refractivity contribution in [3.63, 3.8) is 0 Å². The lowest BCUT2D eigenvalue weighted by Crippen LogP contribution is -2.24. The quantitative estimate of drug-likeness (QED) is 0.703.